The number of hydrogen-bond donors (Lipinski definition) is 7. The van der Waals surface area contributed by atoms with Gasteiger partial charge in [0.15, 0.2) is 0 Å². The Bertz CT molecular complexity index is 1030. The third-order valence-electron chi connectivity index (χ3n) is 6.32. The quantitative estimate of drug-likeness (QED) is 0.143. The Balaban J connectivity index is 1.70. The van der Waals surface area contributed by atoms with Crippen LogP contribution in [-0.2, 0) is 32.0 Å². The van der Waals surface area contributed by atoms with Crippen LogP contribution < -0.4 is 22.1 Å². The van der Waals surface area contributed by atoms with Crippen molar-refractivity contribution in [3.8, 4) is 0 Å². The van der Waals surface area contributed by atoms with Crippen LogP contribution in [0.15, 0.2) is 25.0 Å². The highest BCUT2D eigenvalue weighted by atomic mass is 16.4. The number of carbonyl (C=O) groups is 4. The van der Waals surface area contributed by atoms with Gasteiger partial charge in [-0.05, 0) is 38.6 Å². The number of hydrogen-bond acceptors (Lipinski definition) is 8. The number of aliphatic carboxylic acids is 1. The van der Waals surface area contributed by atoms with E-state index in [0.717, 1.165) is 0 Å². The maximum Gasteiger partial charge on any atom is 0.326 e. The highest BCUT2D eigenvalue weighted by molar-refractivity contribution is 5.94. The Morgan fingerprint density at radius 3 is 2.32 bits per heavy atom. The van der Waals surface area contributed by atoms with Gasteiger partial charge in [0.2, 0.25) is 17.7 Å². The Labute approximate surface area is 214 Å². The Kier molecular flexibility index (Phi) is 10.1. The number of nitrogens with one attached hydrogen (secondary N) is 4. The van der Waals surface area contributed by atoms with Gasteiger partial charge in [-0.25, -0.2) is 14.8 Å². The molecule has 0 bridgehead atoms. The molecule has 2 aromatic heterocycles. The van der Waals surface area contributed by atoms with Crippen LogP contribution in [0.25, 0.3) is 0 Å². The lowest BCUT2D eigenvalue weighted by Gasteiger charge is -2.30. The van der Waals surface area contributed by atoms with E-state index in [9.17, 15) is 24.3 Å². The van der Waals surface area contributed by atoms with Crippen molar-refractivity contribution in [2.75, 3.05) is 13.1 Å². The number of carboxylic acid groups (broad SMARTS) is 1. The molecule has 0 spiro atoms. The third-order valence-corrected chi connectivity index (χ3v) is 6.32. The van der Waals surface area contributed by atoms with Crippen LogP contribution in [0.2, 0.25) is 0 Å². The van der Waals surface area contributed by atoms with Crippen molar-refractivity contribution in [2.45, 2.75) is 69.1 Å². The zero-order valence-electron chi connectivity index (χ0n) is 20.6. The topological polar surface area (TPSA) is 225 Å². The highest BCUT2D eigenvalue weighted by Crippen LogP contribution is 2.20. The molecule has 1 aliphatic rings. The SMILES string of the molecule is NCCCCC(NC(=O)C1CCCN1C(=O)C(Cc1cnc[nH]1)NC(=O)C(N)Cc1cnc[nH]1)C(=O)O. The van der Waals surface area contributed by atoms with E-state index in [4.69, 9.17) is 11.5 Å². The number of H-pyrrole nitrogens is 2. The molecule has 14 heteroatoms. The number of likely N-dealkylation sites (tertiary alicyclic amines) is 1. The van der Waals surface area contributed by atoms with E-state index in [-0.39, 0.29) is 19.3 Å². The van der Waals surface area contributed by atoms with Gasteiger partial charge in [0, 0.05) is 43.2 Å². The largest absolute Gasteiger partial charge is 0.480 e. The predicted octanol–water partition coefficient (Wildman–Crippen LogP) is -1.58. The molecule has 0 saturated carbocycles. The average molecular weight is 518 g/mol. The van der Waals surface area contributed by atoms with Crippen LogP contribution in [0.1, 0.15) is 43.5 Å². The van der Waals surface area contributed by atoms with Crippen molar-refractivity contribution in [1.29, 1.82) is 0 Å². The number of unbranched alkanes of at least 4 members (excludes halogenated alkanes) is 1. The first kappa shape index (κ1) is 27.8. The number of aromatic nitrogens is 4. The number of nitrogens with two attached hydrogens (primary N) is 2. The minimum Gasteiger partial charge on any atom is -0.480 e. The summed E-state index contributed by atoms with van der Waals surface area (Å²) in [6, 6.07) is -3.85. The summed E-state index contributed by atoms with van der Waals surface area (Å²) in [5.41, 5.74) is 12.8. The molecular weight excluding hydrogens is 482 g/mol. The van der Waals surface area contributed by atoms with Crippen molar-refractivity contribution >= 4 is 23.7 Å². The second-order valence-electron chi connectivity index (χ2n) is 9.10. The van der Waals surface area contributed by atoms with Crippen molar-refractivity contribution in [2.24, 2.45) is 11.5 Å². The van der Waals surface area contributed by atoms with E-state index in [2.05, 4.69) is 30.6 Å². The first-order valence-electron chi connectivity index (χ1n) is 12.3. The first-order chi connectivity index (χ1) is 17.8. The van der Waals surface area contributed by atoms with Crippen LogP contribution in [0, 0.1) is 0 Å². The van der Waals surface area contributed by atoms with Gasteiger partial charge in [0.1, 0.15) is 18.1 Å². The standard InChI is InChI=1S/C23H35N9O5/c24-6-2-1-4-17(23(36)37)30-21(34)19-5-3-7-32(19)22(35)18(9-15-11-27-13-29-15)31-20(33)16(25)8-14-10-26-12-28-14/h10-13,16-19H,1-9,24-25H2,(H,26,28)(H,27,29)(H,30,34)(H,31,33)(H,36,37). The molecule has 1 saturated heterocycles. The molecule has 9 N–H and O–H groups in total. The molecule has 0 aliphatic carbocycles. The van der Waals surface area contributed by atoms with Gasteiger partial charge < -0.3 is 42.1 Å². The van der Waals surface area contributed by atoms with E-state index in [0.29, 0.717) is 50.2 Å². The molecule has 2 aromatic rings. The summed E-state index contributed by atoms with van der Waals surface area (Å²) in [7, 11) is 0. The third kappa shape index (κ3) is 7.85. The molecule has 1 aliphatic heterocycles. The lowest BCUT2D eigenvalue weighted by Crippen LogP contribution is -2.57. The maximum atomic E-state index is 13.6. The van der Waals surface area contributed by atoms with E-state index in [1.807, 2.05) is 0 Å². The first-order valence-corrected chi connectivity index (χ1v) is 12.3. The highest BCUT2D eigenvalue weighted by Gasteiger charge is 2.39. The monoisotopic (exact) mass is 517 g/mol. The fourth-order valence-electron chi connectivity index (χ4n) is 4.34. The summed E-state index contributed by atoms with van der Waals surface area (Å²) in [5, 5.41) is 14.8. The summed E-state index contributed by atoms with van der Waals surface area (Å²) < 4.78 is 0. The molecule has 3 heterocycles. The molecule has 202 valence electrons. The molecule has 4 unspecified atom stereocenters. The normalized spacial score (nSPS) is 17.7. The van der Waals surface area contributed by atoms with Gasteiger partial charge in [-0.3, -0.25) is 14.4 Å². The molecule has 3 rings (SSSR count). The van der Waals surface area contributed by atoms with E-state index in [1.165, 1.54) is 17.6 Å². The van der Waals surface area contributed by atoms with Gasteiger partial charge in [0.05, 0.1) is 18.7 Å². The second kappa shape index (κ2) is 13.5. The van der Waals surface area contributed by atoms with Crippen molar-refractivity contribution in [3.63, 3.8) is 0 Å². The number of imidazole rings is 2. The minimum atomic E-state index is -1.14. The fourth-order valence-corrected chi connectivity index (χ4v) is 4.34. The minimum absolute atomic E-state index is 0.114. The summed E-state index contributed by atoms with van der Waals surface area (Å²) in [6.07, 6.45) is 8.76. The lowest BCUT2D eigenvalue weighted by molar-refractivity contribution is -0.145. The summed E-state index contributed by atoms with van der Waals surface area (Å²) in [4.78, 5) is 66.2. The van der Waals surface area contributed by atoms with Gasteiger partial charge in [0.25, 0.3) is 0 Å². The number of aromatic amines is 2. The molecular formula is C23H35N9O5. The number of amides is 3. The lowest BCUT2D eigenvalue weighted by atomic mass is 10.1. The number of carbonyl (C=O) groups excluding carboxylic acids is 3. The average Bonchev–Trinajstić information content (AvgIpc) is 3.65. The number of rotatable bonds is 14. The van der Waals surface area contributed by atoms with Crippen LogP contribution in [-0.4, -0.2) is 90.9 Å². The number of carboxylic acids is 1. The Morgan fingerprint density at radius 2 is 1.73 bits per heavy atom. The van der Waals surface area contributed by atoms with Gasteiger partial charge in [-0.1, -0.05) is 0 Å². The Morgan fingerprint density at radius 1 is 1.05 bits per heavy atom. The maximum absolute atomic E-state index is 13.6. The van der Waals surface area contributed by atoms with Crippen LogP contribution in [0.3, 0.4) is 0 Å². The van der Waals surface area contributed by atoms with Crippen LogP contribution in [0.4, 0.5) is 0 Å². The Hall–Kier alpha value is -3.78. The smallest absolute Gasteiger partial charge is 0.326 e. The molecule has 3 amide bonds. The fraction of sp³-hybridized carbons (Fsp3) is 0.565. The zero-order chi connectivity index (χ0) is 26.8. The summed E-state index contributed by atoms with van der Waals surface area (Å²) in [6.45, 7) is 0.734. The van der Waals surface area contributed by atoms with Crippen molar-refractivity contribution in [3.05, 3.63) is 36.4 Å². The van der Waals surface area contributed by atoms with Crippen molar-refractivity contribution < 1.29 is 24.3 Å². The zero-order valence-corrected chi connectivity index (χ0v) is 20.6. The predicted molar refractivity (Wildman–Crippen MR) is 132 cm³/mol. The molecule has 0 radical (unpaired) electrons. The van der Waals surface area contributed by atoms with Crippen LogP contribution >= 0.6 is 0 Å². The van der Waals surface area contributed by atoms with E-state index < -0.39 is 47.9 Å². The summed E-state index contributed by atoms with van der Waals surface area (Å²) in [5.74, 6) is -2.66. The van der Waals surface area contributed by atoms with Crippen LogP contribution in [0.5, 0.6) is 0 Å². The summed E-state index contributed by atoms with van der Waals surface area (Å²) >= 11 is 0. The van der Waals surface area contributed by atoms with Gasteiger partial charge in [-0.15, -0.1) is 0 Å². The van der Waals surface area contributed by atoms with Gasteiger partial charge >= 0.3 is 5.97 Å². The molecule has 14 nitrogen and oxygen atoms in total. The second-order valence-corrected chi connectivity index (χ2v) is 9.10. The molecule has 4 atom stereocenters. The van der Waals surface area contributed by atoms with E-state index in [1.54, 1.807) is 12.4 Å². The van der Waals surface area contributed by atoms with Crippen molar-refractivity contribution in [1.82, 2.24) is 35.5 Å². The van der Waals surface area contributed by atoms with E-state index >= 15 is 0 Å². The molecule has 1 fully saturated rings. The molecule has 0 aromatic carbocycles. The van der Waals surface area contributed by atoms with Gasteiger partial charge in [-0.2, -0.15) is 0 Å². The number of nitrogens with zero attached hydrogens (tertiary/aromatic N) is 3. The molecule has 37 heavy (non-hydrogen) atoms.